The summed E-state index contributed by atoms with van der Waals surface area (Å²) in [5.41, 5.74) is -0.272. The van der Waals surface area contributed by atoms with Crippen molar-refractivity contribution in [2.24, 2.45) is 7.05 Å². The minimum Gasteiger partial charge on any atom is -0.493 e. The number of aromatic nitrogens is 2. The van der Waals surface area contributed by atoms with E-state index in [1.807, 2.05) is 27.7 Å². The fourth-order valence-corrected chi connectivity index (χ4v) is 3.95. The topological polar surface area (TPSA) is 101 Å². The summed E-state index contributed by atoms with van der Waals surface area (Å²) in [6.45, 7) is 7.78. The Bertz CT molecular complexity index is 1000. The predicted octanol–water partition coefficient (Wildman–Crippen LogP) is 1.54. The third-order valence-corrected chi connectivity index (χ3v) is 6.58. The second-order valence-electron chi connectivity index (χ2n) is 7.85. The van der Waals surface area contributed by atoms with Gasteiger partial charge >= 0.3 is 7.12 Å². The first-order valence-electron chi connectivity index (χ1n) is 9.03. The molecule has 1 aliphatic heterocycles. The molecule has 0 aliphatic carbocycles. The Hall–Kier alpha value is -2.24. The first-order chi connectivity index (χ1) is 13.4. The number of rotatable bonds is 6. The van der Waals surface area contributed by atoms with E-state index in [0.29, 0.717) is 11.2 Å². The van der Waals surface area contributed by atoms with Gasteiger partial charge in [-0.25, -0.2) is 8.42 Å². The zero-order chi connectivity index (χ0) is 21.6. The highest BCUT2D eigenvalue weighted by atomic mass is 32.2. The molecular formula is C18H26BN3O6S. The molecule has 11 heteroatoms. The fraction of sp³-hybridized carbons (Fsp3) is 0.500. The second-order valence-corrected chi connectivity index (χ2v) is 9.53. The van der Waals surface area contributed by atoms with Crippen LogP contribution in [-0.4, -0.2) is 50.7 Å². The van der Waals surface area contributed by atoms with Crippen LogP contribution in [0.3, 0.4) is 0 Å². The number of benzene rings is 1. The van der Waals surface area contributed by atoms with Crippen LogP contribution in [0.4, 0.5) is 5.69 Å². The van der Waals surface area contributed by atoms with E-state index in [4.69, 9.17) is 18.8 Å². The summed E-state index contributed by atoms with van der Waals surface area (Å²) in [6.07, 6.45) is 2.67. The molecule has 1 saturated heterocycles. The summed E-state index contributed by atoms with van der Waals surface area (Å²) in [5, 5.41) is 3.91. The SMILES string of the molecule is COc1cc(B2OC(C)(C)C(C)(C)O2)cc(NS(=O)(=O)c2cnn(C)c2)c1OC. The number of hydrogen-bond acceptors (Lipinski definition) is 7. The molecule has 2 heterocycles. The van der Waals surface area contributed by atoms with Gasteiger partial charge in [-0.05, 0) is 45.3 Å². The van der Waals surface area contributed by atoms with Crippen LogP contribution in [-0.2, 0) is 26.4 Å². The van der Waals surface area contributed by atoms with Gasteiger partial charge in [-0.1, -0.05) is 0 Å². The number of nitrogens with one attached hydrogen (secondary N) is 1. The zero-order valence-electron chi connectivity index (χ0n) is 17.6. The van der Waals surface area contributed by atoms with Crippen LogP contribution in [0.15, 0.2) is 29.4 Å². The van der Waals surface area contributed by atoms with Gasteiger partial charge in [-0.3, -0.25) is 9.40 Å². The van der Waals surface area contributed by atoms with E-state index in [1.54, 1.807) is 19.2 Å². The summed E-state index contributed by atoms with van der Waals surface area (Å²) >= 11 is 0. The number of nitrogens with zero attached hydrogens (tertiary/aromatic N) is 2. The highest BCUT2D eigenvalue weighted by Crippen LogP contribution is 2.39. The maximum atomic E-state index is 12.8. The van der Waals surface area contributed by atoms with Gasteiger partial charge in [-0.15, -0.1) is 0 Å². The molecule has 1 N–H and O–H groups in total. The molecule has 9 nitrogen and oxygen atoms in total. The van der Waals surface area contributed by atoms with Crippen molar-refractivity contribution in [3.8, 4) is 11.5 Å². The number of anilines is 1. The zero-order valence-corrected chi connectivity index (χ0v) is 18.5. The third-order valence-electron chi connectivity index (χ3n) is 5.26. The molecule has 1 aromatic heterocycles. The largest absolute Gasteiger partial charge is 0.495 e. The van der Waals surface area contributed by atoms with Crippen LogP contribution in [0.5, 0.6) is 11.5 Å². The van der Waals surface area contributed by atoms with Crippen LogP contribution in [0.1, 0.15) is 27.7 Å². The van der Waals surface area contributed by atoms with E-state index >= 15 is 0 Å². The molecule has 0 atom stereocenters. The minimum absolute atomic E-state index is 0.0297. The van der Waals surface area contributed by atoms with Crippen LogP contribution in [0.25, 0.3) is 0 Å². The van der Waals surface area contributed by atoms with Crippen LogP contribution in [0, 0.1) is 0 Å². The van der Waals surface area contributed by atoms with Gasteiger partial charge in [0.2, 0.25) is 0 Å². The molecule has 0 spiro atoms. The van der Waals surface area contributed by atoms with Gasteiger partial charge in [0.1, 0.15) is 4.90 Å². The van der Waals surface area contributed by atoms with Gasteiger partial charge < -0.3 is 18.8 Å². The summed E-state index contributed by atoms with van der Waals surface area (Å²) in [6, 6.07) is 3.33. The van der Waals surface area contributed by atoms with Crippen molar-refractivity contribution < 1.29 is 27.2 Å². The summed E-state index contributed by atoms with van der Waals surface area (Å²) in [7, 11) is -0.0231. The molecule has 1 aromatic carbocycles. The number of methoxy groups -OCH3 is 2. The summed E-state index contributed by atoms with van der Waals surface area (Å²) < 4.78 is 52.5. The highest BCUT2D eigenvalue weighted by molar-refractivity contribution is 7.92. The lowest BCUT2D eigenvalue weighted by Gasteiger charge is -2.32. The number of sulfonamides is 1. The second kappa shape index (κ2) is 7.23. The normalized spacial score (nSPS) is 18.0. The molecule has 3 rings (SSSR count). The van der Waals surface area contributed by atoms with E-state index < -0.39 is 28.3 Å². The molecule has 0 bridgehead atoms. The maximum absolute atomic E-state index is 12.8. The highest BCUT2D eigenvalue weighted by Gasteiger charge is 2.52. The lowest BCUT2D eigenvalue weighted by molar-refractivity contribution is 0.00578. The summed E-state index contributed by atoms with van der Waals surface area (Å²) in [5.74, 6) is 0.601. The van der Waals surface area contributed by atoms with E-state index in [0.717, 1.165) is 0 Å². The molecule has 2 aromatic rings. The quantitative estimate of drug-likeness (QED) is 0.704. The van der Waals surface area contributed by atoms with Gasteiger partial charge in [0.05, 0.1) is 37.3 Å². The van der Waals surface area contributed by atoms with Crippen molar-refractivity contribution in [1.29, 1.82) is 0 Å². The first kappa shape index (κ1) is 21.5. The molecule has 158 valence electrons. The van der Waals surface area contributed by atoms with Gasteiger partial charge in [0.15, 0.2) is 11.5 Å². The van der Waals surface area contributed by atoms with Gasteiger partial charge in [0.25, 0.3) is 10.0 Å². The molecule has 0 saturated carbocycles. The van der Waals surface area contributed by atoms with Crippen molar-refractivity contribution in [3.05, 3.63) is 24.5 Å². The van der Waals surface area contributed by atoms with E-state index in [2.05, 4.69) is 9.82 Å². The van der Waals surface area contributed by atoms with Crippen LogP contribution in [0.2, 0.25) is 0 Å². The lowest BCUT2D eigenvalue weighted by atomic mass is 9.78. The van der Waals surface area contributed by atoms with Crippen molar-refractivity contribution in [2.75, 3.05) is 18.9 Å². The maximum Gasteiger partial charge on any atom is 0.495 e. The Morgan fingerprint density at radius 1 is 1.10 bits per heavy atom. The molecule has 1 fully saturated rings. The Morgan fingerprint density at radius 2 is 1.72 bits per heavy atom. The van der Waals surface area contributed by atoms with Crippen molar-refractivity contribution in [2.45, 2.75) is 43.8 Å². The Kier molecular flexibility index (Phi) is 5.35. The average Bonchev–Trinajstić information content (AvgIpc) is 3.15. The van der Waals surface area contributed by atoms with E-state index in [-0.39, 0.29) is 16.3 Å². The molecule has 0 unspecified atom stereocenters. The molecule has 0 amide bonds. The smallest absolute Gasteiger partial charge is 0.493 e. The molecule has 1 aliphatic rings. The van der Waals surface area contributed by atoms with Crippen molar-refractivity contribution >= 4 is 28.3 Å². The Labute approximate surface area is 171 Å². The molecular weight excluding hydrogens is 397 g/mol. The Morgan fingerprint density at radius 3 is 2.21 bits per heavy atom. The summed E-state index contributed by atoms with van der Waals surface area (Å²) in [4.78, 5) is 0.0297. The number of aryl methyl sites for hydroxylation is 1. The number of ether oxygens (including phenoxy) is 2. The van der Waals surface area contributed by atoms with E-state index in [1.165, 1.54) is 31.3 Å². The average molecular weight is 423 g/mol. The van der Waals surface area contributed by atoms with Crippen LogP contribution >= 0.6 is 0 Å². The van der Waals surface area contributed by atoms with Gasteiger partial charge in [-0.2, -0.15) is 5.10 Å². The fourth-order valence-electron chi connectivity index (χ4n) is 2.92. The van der Waals surface area contributed by atoms with Crippen molar-refractivity contribution in [3.63, 3.8) is 0 Å². The molecule has 0 radical (unpaired) electrons. The van der Waals surface area contributed by atoms with Crippen molar-refractivity contribution in [1.82, 2.24) is 9.78 Å². The Balaban J connectivity index is 2.04. The third kappa shape index (κ3) is 3.94. The lowest BCUT2D eigenvalue weighted by Crippen LogP contribution is -2.41. The monoisotopic (exact) mass is 423 g/mol. The van der Waals surface area contributed by atoms with Gasteiger partial charge in [0, 0.05) is 13.2 Å². The standard InChI is InChI=1S/C18H26BN3O6S/c1-17(2)18(3,4)28-19(27-17)12-8-14(16(26-7)15(9-12)25-6)21-29(23,24)13-10-20-22(5)11-13/h8-11,21H,1-7H3. The van der Waals surface area contributed by atoms with E-state index in [9.17, 15) is 8.42 Å². The first-order valence-corrected chi connectivity index (χ1v) is 10.5. The number of hydrogen-bond donors (Lipinski definition) is 1. The predicted molar refractivity (Wildman–Crippen MR) is 109 cm³/mol. The minimum atomic E-state index is -3.89. The van der Waals surface area contributed by atoms with Crippen LogP contribution < -0.4 is 19.7 Å². The molecule has 29 heavy (non-hydrogen) atoms.